The summed E-state index contributed by atoms with van der Waals surface area (Å²) >= 11 is 22.8. The molecule has 1 N–H and O–H groups in total. The van der Waals surface area contributed by atoms with Crippen LogP contribution in [0, 0.1) is 0 Å². The molecule has 3 aromatic carbocycles. The first-order valence-corrected chi connectivity index (χ1v) is 11.9. The van der Waals surface area contributed by atoms with Gasteiger partial charge in [0.1, 0.15) is 12.4 Å². The summed E-state index contributed by atoms with van der Waals surface area (Å²) in [5, 5.41) is 5.79. The Bertz CT molecular complexity index is 1090. The van der Waals surface area contributed by atoms with Gasteiger partial charge in [0.05, 0.1) is 16.4 Å². The maximum absolute atomic E-state index is 11.9. The molecule has 0 radical (unpaired) electrons. The van der Waals surface area contributed by atoms with Crippen LogP contribution in [0.5, 0.6) is 5.75 Å². The molecule has 0 spiro atoms. The first kappa shape index (κ1) is 24.0. The molecule has 0 aliphatic rings. The molecule has 9 heteroatoms. The SMILES string of the molecule is O=C(CSc1ccc(Cl)cc1)N/N=C\c1ccc(OCc2ccc(Cl)cc2Cl)c(Br)c1. The Morgan fingerprint density at radius 1 is 1.03 bits per heavy atom. The van der Waals surface area contributed by atoms with Gasteiger partial charge in [0.25, 0.3) is 0 Å². The molecule has 31 heavy (non-hydrogen) atoms. The van der Waals surface area contributed by atoms with E-state index in [1.807, 2.05) is 36.4 Å². The minimum atomic E-state index is -0.199. The van der Waals surface area contributed by atoms with Crippen molar-refractivity contribution in [1.82, 2.24) is 5.43 Å². The van der Waals surface area contributed by atoms with Gasteiger partial charge in [-0.25, -0.2) is 5.43 Å². The fourth-order valence-electron chi connectivity index (χ4n) is 2.40. The Balaban J connectivity index is 1.49. The summed E-state index contributed by atoms with van der Waals surface area (Å²) in [6.45, 7) is 0.309. The molecule has 0 aromatic heterocycles. The smallest absolute Gasteiger partial charge is 0.250 e. The maximum Gasteiger partial charge on any atom is 0.250 e. The van der Waals surface area contributed by atoms with Crippen LogP contribution in [0.15, 0.2) is 75.1 Å². The van der Waals surface area contributed by atoms with Gasteiger partial charge in [-0.1, -0.05) is 40.9 Å². The van der Waals surface area contributed by atoms with Gasteiger partial charge in [-0.05, 0) is 76.1 Å². The number of benzene rings is 3. The Morgan fingerprint density at radius 3 is 2.48 bits per heavy atom. The second-order valence-corrected chi connectivity index (χ2v) is 9.43. The number of rotatable bonds is 8. The summed E-state index contributed by atoms with van der Waals surface area (Å²) in [7, 11) is 0. The Labute approximate surface area is 208 Å². The summed E-state index contributed by atoms with van der Waals surface area (Å²) in [5.74, 6) is 0.713. The van der Waals surface area contributed by atoms with Crippen LogP contribution in [0.3, 0.4) is 0 Å². The fraction of sp³-hybridized carbons (Fsp3) is 0.0909. The number of nitrogens with zero attached hydrogens (tertiary/aromatic N) is 1. The van der Waals surface area contributed by atoms with Crippen LogP contribution in [0.1, 0.15) is 11.1 Å². The van der Waals surface area contributed by atoms with Crippen LogP contribution in [-0.4, -0.2) is 17.9 Å². The van der Waals surface area contributed by atoms with Crippen LogP contribution in [0.4, 0.5) is 0 Å². The maximum atomic E-state index is 11.9. The van der Waals surface area contributed by atoms with E-state index in [-0.39, 0.29) is 11.7 Å². The molecule has 4 nitrogen and oxygen atoms in total. The van der Waals surface area contributed by atoms with Crippen LogP contribution in [0.2, 0.25) is 15.1 Å². The molecule has 0 heterocycles. The number of hydrogen-bond acceptors (Lipinski definition) is 4. The number of hydrogen-bond donors (Lipinski definition) is 1. The average molecular weight is 559 g/mol. The van der Waals surface area contributed by atoms with Gasteiger partial charge in [-0.3, -0.25) is 4.79 Å². The second kappa shape index (κ2) is 11.8. The predicted molar refractivity (Wildman–Crippen MR) is 133 cm³/mol. The van der Waals surface area contributed by atoms with Crippen molar-refractivity contribution in [3.63, 3.8) is 0 Å². The molecule has 0 saturated heterocycles. The molecule has 0 fully saturated rings. The minimum Gasteiger partial charge on any atom is -0.488 e. The van der Waals surface area contributed by atoms with Crippen LogP contribution in [0.25, 0.3) is 0 Å². The number of thioether (sulfide) groups is 1. The third-order valence-corrected chi connectivity index (χ3v) is 6.41. The molecule has 0 aliphatic carbocycles. The van der Waals surface area contributed by atoms with Gasteiger partial charge in [0, 0.05) is 25.5 Å². The first-order chi connectivity index (χ1) is 14.9. The van der Waals surface area contributed by atoms with Crippen molar-refractivity contribution in [2.75, 3.05) is 5.75 Å². The second-order valence-electron chi connectivity index (χ2n) is 6.25. The monoisotopic (exact) mass is 556 g/mol. The highest BCUT2D eigenvalue weighted by Gasteiger charge is 2.06. The molecule has 0 aliphatic heterocycles. The number of amides is 1. The number of carbonyl (C=O) groups excluding carboxylic acids is 1. The van der Waals surface area contributed by atoms with E-state index in [1.54, 1.807) is 30.5 Å². The highest BCUT2D eigenvalue weighted by Crippen LogP contribution is 2.28. The highest BCUT2D eigenvalue weighted by atomic mass is 79.9. The van der Waals surface area contributed by atoms with Crippen molar-refractivity contribution in [2.45, 2.75) is 11.5 Å². The van der Waals surface area contributed by atoms with Gasteiger partial charge in [0.15, 0.2) is 0 Å². The van der Waals surface area contributed by atoms with E-state index < -0.39 is 0 Å². The Hall–Kier alpha value is -1.70. The quantitative estimate of drug-likeness (QED) is 0.180. The molecule has 0 unspecified atom stereocenters. The normalized spacial score (nSPS) is 11.0. The first-order valence-electron chi connectivity index (χ1n) is 8.97. The van der Waals surface area contributed by atoms with Crippen molar-refractivity contribution in [1.29, 1.82) is 0 Å². The van der Waals surface area contributed by atoms with Crippen molar-refractivity contribution in [3.8, 4) is 5.75 Å². The number of halogens is 4. The summed E-state index contributed by atoms with van der Waals surface area (Å²) in [6, 6.07) is 18.1. The predicted octanol–water partition coefficient (Wildman–Crippen LogP) is 7.23. The number of hydrazone groups is 1. The zero-order chi connectivity index (χ0) is 22.2. The zero-order valence-electron chi connectivity index (χ0n) is 15.9. The lowest BCUT2D eigenvalue weighted by molar-refractivity contribution is -0.118. The molecule has 160 valence electrons. The Kier molecular flexibility index (Phi) is 9.11. The highest BCUT2D eigenvalue weighted by molar-refractivity contribution is 9.10. The topological polar surface area (TPSA) is 50.7 Å². The van der Waals surface area contributed by atoms with E-state index in [0.29, 0.717) is 27.4 Å². The molecule has 1 amide bonds. The van der Waals surface area contributed by atoms with E-state index in [4.69, 9.17) is 39.5 Å². The molecule has 0 atom stereocenters. The van der Waals surface area contributed by atoms with Crippen LogP contribution < -0.4 is 10.2 Å². The summed E-state index contributed by atoms with van der Waals surface area (Å²) in [5.41, 5.74) is 4.15. The largest absolute Gasteiger partial charge is 0.488 e. The number of ether oxygens (including phenoxy) is 1. The summed E-state index contributed by atoms with van der Waals surface area (Å²) < 4.78 is 6.58. The van der Waals surface area contributed by atoms with Crippen LogP contribution >= 0.6 is 62.5 Å². The van der Waals surface area contributed by atoms with Gasteiger partial charge in [0.2, 0.25) is 5.91 Å². The van der Waals surface area contributed by atoms with Crippen molar-refractivity contribution >= 4 is 74.6 Å². The lowest BCUT2D eigenvalue weighted by atomic mass is 10.2. The van der Waals surface area contributed by atoms with Crippen molar-refractivity contribution in [2.24, 2.45) is 5.10 Å². The van der Waals surface area contributed by atoms with E-state index >= 15 is 0 Å². The molecule has 3 aromatic rings. The third kappa shape index (κ3) is 7.74. The van der Waals surface area contributed by atoms with Gasteiger partial charge >= 0.3 is 0 Å². The molecular formula is C22H16BrCl3N2O2S. The number of carbonyl (C=O) groups is 1. The van der Waals surface area contributed by atoms with E-state index in [1.165, 1.54) is 11.8 Å². The lowest BCUT2D eigenvalue weighted by Gasteiger charge is -2.10. The van der Waals surface area contributed by atoms with Gasteiger partial charge in [-0.2, -0.15) is 5.10 Å². The zero-order valence-corrected chi connectivity index (χ0v) is 20.6. The van der Waals surface area contributed by atoms with Crippen LogP contribution in [-0.2, 0) is 11.4 Å². The minimum absolute atomic E-state index is 0.199. The van der Waals surface area contributed by atoms with Crippen molar-refractivity contribution < 1.29 is 9.53 Å². The van der Waals surface area contributed by atoms with E-state index in [9.17, 15) is 4.79 Å². The van der Waals surface area contributed by atoms with Gasteiger partial charge in [-0.15, -0.1) is 11.8 Å². The standard InChI is InChI=1S/C22H16BrCl3N2O2S/c23-19-9-14(1-8-21(19)30-12-15-2-3-17(25)10-20(15)26)11-27-28-22(29)13-31-18-6-4-16(24)5-7-18/h1-11H,12-13H2,(H,28,29)/b27-11-. The van der Waals surface area contributed by atoms with Crippen molar-refractivity contribution in [3.05, 3.63) is 91.3 Å². The molecular weight excluding hydrogens is 543 g/mol. The van der Waals surface area contributed by atoms with E-state index in [0.717, 1.165) is 20.5 Å². The lowest BCUT2D eigenvalue weighted by Crippen LogP contribution is -2.19. The third-order valence-electron chi connectivity index (χ3n) is 3.94. The fourth-order valence-corrected chi connectivity index (χ4v) is 4.19. The summed E-state index contributed by atoms with van der Waals surface area (Å²) in [4.78, 5) is 12.9. The molecule has 0 saturated carbocycles. The average Bonchev–Trinajstić information content (AvgIpc) is 2.74. The Morgan fingerprint density at radius 2 is 1.77 bits per heavy atom. The van der Waals surface area contributed by atoms with E-state index in [2.05, 4.69) is 26.5 Å². The molecule has 3 rings (SSSR count). The number of nitrogens with one attached hydrogen (secondary N) is 1. The van der Waals surface area contributed by atoms with Gasteiger partial charge < -0.3 is 4.74 Å². The molecule has 0 bridgehead atoms. The summed E-state index contributed by atoms with van der Waals surface area (Å²) in [6.07, 6.45) is 1.56.